The van der Waals surface area contributed by atoms with Crippen LogP contribution in [0.2, 0.25) is 0 Å². The first-order valence-corrected chi connectivity index (χ1v) is 10.7. The van der Waals surface area contributed by atoms with E-state index in [1.54, 1.807) is 19.1 Å². The van der Waals surface area contributed by atoms with Crippen LogP contribution in [0.25, 0.3) is 0 Å². The first kappa shape index (κ1) is 22.9. The molecule has 2 aromatic carbocycles. The lowest BCUT2D eigenvalue weighted by Gasteiger charge is -2.30. The van der Waals surface area contributed by atoms with Crippen molar-refractivity contribution in [2.24, 2.45) is 0 Å². The topological polar surface area (TPSA) is 128 Å². The largest absolute Gasteiger partial charge is 0.497 e. The fourth-order valence-electron chi connectivity index (χ4n) is 2.91. The number of nitrogens with one attached hydrogen (secondary N) is 1. The predicted octanol–water partition coefficient (Wildman–Crippen LogP) is 2.80. The summed E-state index contributed by atoms with van der Waals surface area (Å²) in [7, 11) is -0.992. The van der Waals surface area contributed by atoms with Gasteiger partial charge in [-0.1, -0.05) is 6.92 Å². The molecular weight excluding hydrogens is 414 g/mol. The van der Waals surface area contributed by atoms with Crippen LogP contribution in [0.4, 0.5) is 17.1 Å². The molecule has 0 radical (unpaired) electrons. The number of benzene rings is 2. The lowest BCUT2D eigenvalue weighted by atomic mass is 10.1. The lowest BCUT2D eigenvalue weighted by molar-refractivity contribution is -0.384. The Morgan fingerprint density at radius 2 is 1.80 bits per heavy atom. The summed E-state index contributed by atoms with van der Waals surface area (Å²) < 4.78 is 36.3. The molecular formula is C19H23N3O7S. The fourth-order valence-corrected chi connectivity index (χ4v) is 4.12. The van der Waals surface area contributed by atoms with E-state index in [0.29, 0.717) is 5.75 Å². The number of nitro benzene ring substituents is 1. The first-order chi connectivity index (χ1) is 14.1. The van der Waals surface area contributed by atoms with Crippen LogP contribution in [0.3, 0.4) is 0 Å². The van der Waals surface area contributed by atoms with E-state index in [4.69, 9.17) is 9.47 Å². The van der Waals surface area contributed by atoms with Crippen molar-refractivity contribution in [1.29, 1.82) is 0 Å². The minimum absolute atomic E-state index is 0.0679. The van der Waals surface area contributed by atoms with Crippen LogP contribution < -0.4 is 19.1 Å². The highest BCUT2D eigenvalue weighted by Gasteiger charge is 2.32. The van der Waals surface area contributed by atoms with E-state index in [-0.39, 0.29) is 29.2 Å². The van der Waals surface area contributed by atoms with E-state index >= 15 is 0 Å². The lowest BCUT2D eigenvalue weighted by Crippen LogP contribution is -2.47. The van der Waals surface area contributed by atoms with Gasteiger partial charge >= 0.3 is 0 Å². The van der Waals surface area contributed by atoms with E-state index in [2.05, 4.69) is 5.32 Å². The van der Waals surface area contributed by atoms with E-state index < -0.39 is 26.9 Å². The molecule has 10 nitrogen and oxygen atoms in total. The molecule has 11 heteroatoms. The molecule has 0 aliphatic heterocycles. The molecule has 0 heterocycles. The molecule has 0 aliphatic carbocycles. The number of carbonyl (C=O) groups is 1. The number of rotatable bonds is 9. The zero-order valence-corrected chi connectivity index (χ0v) is 17.8. The van der Waals surface area contributed by atoms with Crippen LogP contribution in [0.1, 0.15) is 13.3 Å². The van der Waals surface area contributed by atoms with Crippen molar-refractivity contribution >= 4 is 33.0 Å². The third-order valence-corrected chi connectivity index (χ3v) is 5.49. The zero-order valence-electron chi connectivity index (χ0n) is 17.0. The molecule has 162 valence electrons. The van der Waals surface area contributed by atoms with Crippen molar-refractivity contribution in [3.63, 3.8) is 0 Å². The van der Waals surface area contributed by atoms with Crippen molar-refractivity contribution in [3.05, 3.63) is 52.6 Å². The Bertz CT molecular complexity index is 1020. The number of anilines is 2. The van der Waals surface area contributed by atoms with Crippen molar-refractivity contribution in [2.75, 3.05) is 30.1 Å². The molecule has 0 aromatic heterocycles. The molecule has 0 saturated heterocycles. The molecule has 2 aromatic rings. The van der Waals surface area contributed by atoms with E-state index in [1.165, 1.54) is 38.5 Å². The monoisotopic (exact) mass is 437 g/mol. The normalized spacial score (nSPS) is 12.0. The minimum atomic E-state index is -3.83. The summed E-state index contributed by atoms with van der Waals surface area (Å²) in [6, 6.07) is 8.88. The SMILES string of the molecule is CC[C@@H](C(=O)Nc1cc([N+](=O)[O-])ccc1OC)N(c1ccc(OC)cc1)S(C)(=O)=O. The average molecular weight is 437 g/mol. The van der Waals surface area contributed by atoms with Gasteiger partial charge in [-0.15, -0.1) is 0 Å². The third kappa shape index (κ3) is 5.17. The van der Waals surface area contributed by atoms with Crippen molar-refractivity contribution in [2.45, 2.75) is 19.4 Å². The Morgan fingerprint density at radius 1 is 1.17 bits per heavy atom. The van der Waals surface area contributed by atoms with Crippen molar-refractivity contribution in [1.82, 2.24) is 0 Å². The van der Waals surface area contributed by atoms with Crippen LogP contribution in [-0.2, 0) is 14.8 Å². The Labute approximate surface area is 174 Å². The highest BCUT2D eigenvalue weighted by Crippen LogP contribution is 2.30. The zero-order chi connectivity index (χ0) is 22.5. The van der Waals surface area contributed by atoms with Gasteiger partial charge in [0.05, 0.1) is 36.8 Å². The van der Waals surface area contributed by atoms with Crippen LogP contribution in [0.15, 0.2) is 42.5 Å². The molecule has 0 unspecified atom stereocenters. The number of non-ortho nitro benzene ring substituents is 1. The number of carbonyl (C=O) groups excluding carboxylic acids is 1. The van der Waals surface area contributed by atoms with Gasteiger partial charge in [-0.2, -0.15) is 0 Å². The summed E-state index contributed by atoms with van der Waals surface area (Å²) in [5.74, 6) is 0.0859. The highest BCUT2D eigenvalue weighted by molar-refractivity contribution is 7.92. The fraction of sp³-hybridized carbons (Fsp3) is 0.316. The van der Waals surface area contributed by atoms with Gasteiger partial charge in [-0.05, 0) is 36.8 Å². The van der Waals surface area contributed by atoms with Crippen LogP contribution >= 0.6 is 0 Å². The van der Waals surface area contributed by atoms with Gasteiger partial charge in [0.25, 0.3) is 5.69 Å². The van der Waals surface area contributed by atoms with Gasteiger partial charge in [0, 0.05) is 12.1 Å². The number of amides is 1. The number of ether oxygens (including phenoxy) is 2. The number of nitrogens with zero attached hydrogens (tertiary/aromatic N) is 2. The maximum Gasteiger partial charge on any atom is 0.271 e. The molecule has 2 rings (SSSR count). The maximum absolute atomic E-state index is 13.0. The Balaban J connectivity index is 2.43. The molecule has 0 fully saturated rings. The average Bonchev–Trinajstić information content (AvgIpc) is 2.70. The third-order valence-electron chi connectivity index (χ3n) is 4.31. The molecule has 30 heavy (non-hydrogen) atoms. The molecule has 0 aliphatic rings. The van der Waals surface area contributed by atoms with Crippen molar-refractivity contribution < 1.29 is 27.6 Å². The second-order valence-corrected chi connectivity index (χ2v) is 8.17. The second-order valence-electron chi connectivity index (χ2n) is 6.31. The van der Waals surface area contributed by atoms with Crippen LogP contribution in [-0.4, -0.2) is 45.8 Å². The van der Waals surface area contributed by atoms with Gasteiger partial charge in [-0.3, -0.25) is 19.2 Å². The quantitative estimate of drug-likeness (QED) is 0.472. The van der Waals surface area contributed by atoms with Crippen LogP contribution in [0.5, 0.6) is 11.5 Å². The summed E-state index contributed by atoms with van der Waals surface area (Å²) in [6.07, 6.45) is 1.16. The van der Waals surface area contributed by atoms with Gasteiger partial charge < -0.3 is 14.8 Å². The highest BCUT2D eigenvalue weighted by atomic mass is 32.2. The molecule has 1 atom stereocenters. The van der Waals surface area contributed by atoms with Crippen LogP contribution in [0, 0.1) is 10.1 Å². The number of methoxy groups -OCH3 is 2. The predicted molar refractivity (Wildman–Crippen MR) is 113 cm³/mol. The summed E-state index contributed by atoms with van der Waals surface area (Å²) in [5, 5.41) is 13.6. The maximum atomic E-state index is 13.0. The van der Waals surface area contributed by atoms with Gasteiger partial charge in [0.15, 0.2) is 0 Å². The molecule has 0 saturated carbocycles. The summed E-state index contributed by atoms with van der Waals surface area (Å²) >= 11 is 0. The number of hydrogen-bond donors (Lipinski definition) is 1. The number of sulfonamides is 1. The van der Waals surface area contributed by atoms with Gasteiger partial charge in [0.1, 0.15) is 17.5 Å². The Morgan fingerprint density at radius 3 is 2.27 bits per heavy atom. The number of nitro groups is 1. The smallest absolute Gasteiger partial charge is 0.271 e. The molecule has 0 spiro atoms. The Kier molecular flexibility index (Phi) is 7.22. The van der Waals surface area contributed by atoms with Gasteiger partial charge in [-0.25, -0.2) is 8.42 Å². The first-order valence-electron chi connectivity index (χ1n) is 8.89. The van der Waals surface area contributed by atoms with E-state index in [9.17, 15) is 23.3 Å². The minimum Gasteiger partial charge on any atom is -0.497 e. The summed E-state index contributed by atoms with van der Waals surface area (Å²) in [5.41, 5.74) is 0.110. The molecule has 0 bridgehead atoms. The van der Waals surface area contributed by atoms with Gasteiger partial charge in [0.2, 0.25) is 15.9 Å². The van der Waals surface area contributed by atoms with E-state index in [0.717, 1.165) is 16.6 Å². The standard InChI is InChI=1S/C19H23N3O7S/c1-5-17(21(30(4,26)27)13-6-9-15(28-2)10-7-13)19(23)20-16-12-14(22(24)25)8-11-18(16)29-3/h6-12,17H,5H2,1-4H3,(H,20,23)/t17-/m0/s1. The second kappa shape index (κ2) is 9.44. The van der Waals surface area contributed by atoms with E-state index in [1.807, 2.05) is 0 Å². The molecule has 1 N–H and O–H groups in total. The Hall–Kier alpha value is -3.34. The summed E-state index contributed by atoms with van der Waals surface area (Å²) in [4.78, 5) is 23.5. The molecule has 1 amide bonds. The number of hydrogen-bond acceptors (Lipinski definition) is 7. The van der Waals surface area contributed by atoms with Crippen molar-refractivity contribution in [3.8, 4) is 11.5 Å². The summed E-state index contributed by atoms with van der Waals surface area (Å²) in [6.45, 7) is 1.66.